The molecule has 1 aromatic carbocycles. The zero-order valence-corrected chi connectivity index (χ0v) is 14.5. The highest BCUT2D eigenvalue weighted by atomic mass is 35.5. The number of ether oxygens (including phenoxy) is 2. The van der Waals surface area contributed by atoms with Gasteiger partial charge in [-0.15, -0.1) is 0 Å². The van der Waals surface area contributed by atoms with E-state index in [1.54, 1.807) is 25.1 Å². The molecule has 0 heterocycles. The van der Waals surface area contributed by atoms with Crippen molar-refractivity contribution < 1.29 is 19.1 Å². The normalized spacial score (nSPS) is 22.4. The first kappa shape index (κ1) is 17.5. The van der Waals surface area contributed by atoms with Crippen LogP contribution >= 0.6 is 11.6 Å². The molecule has 4 nitrogen and oxygen atoms in total. The molecule has 0 N–H and O–H groups in total. The van der Waals surface area contributed by atoms with Gasteiger partial charge in [-0.3, -0.25) is 4.79 Å². The lowest BCUT2D eigenvalue weighted by Gasteiger charge is -2.06. The number of hydrogen-bond donors (Lipinski definition) is 0. The van der Waals surface area contributed by atoms with Crippen molar-refractivity contribution in [2.75, 3.05) is 7.11 Å². The van der Waals surface area contributed by atoms with E-state index in [4.69, 9.17) is 16.3 Å². The van der Waals surface area contributed by atoms with Crippen LogP contribution in [-0.2, 0) is 25.7 Å². The quantitative estimate of drug-likeness (QED) is 0.606. The fourth-order valence-corrected chi connectivity index (χ4v) is 3.02. The monoisotopic (exact) mass is 336 g/mol. The van der Waals surface area contributed by atoms with Crippen molar-refractivity contribution in [2.45, 2.75) is 27.4 Å². The van der Waals surface area contributed by atoms with E-state index in [0.29, 0.717) is 10.6 Å². The zero-order valence-electron chi connectivity index (χ0n) is 13.8. The van der Waals surface area contributed by atoms with Gasteiger partial charge in [-0.25, -0.2) is 4.79 Å². The lowest BCUT2D eigenvalue weighted by Crippen LogP contribution is -2.10. The first-order valence-electron chi connectivity index (χ1n) is 7.45. The molecule has 0 saturated heterocycles. The Morgan fingerprint density at radius 1 is 1.35 bits per heavy atom. The van der Waals surface area contributed by atoms with E-state index in [9.17, 15) is 9.59 Å². The third kappa shape index (κ3) is 3.94. The molecule has 0 radical (unpaired) electrons. The zero-order chi connectivity index (χ0) is 17.2. The first-order valence-corrected chi connectivity index (χ1v) is 7.83. The highest BCUT2D eigenvalue weighted by molar-refractivity contribution is 6.30. The molecule has 1 saturated carbocycles. The van der Waals surface area contributed by atoms with Gasteiger partial charge in [0.05, 0.1) is 13.0 Å². The number of halogens is 1. The highest BCUT2D eigenvalue weighted by Gasteiger charge is 2.61. The molecule has 2 atom stereocenters. The van der Waals surface area contributed by atoms with E-state index in [-0.39, 0.29) is 35.8 Å². The molecule has 0 amide bonds. The van der Waals surface area contributed by atoms with Gasteiger partial charge in [-0.1, -0.05) is 43.7 Å². The smallest absolute Gasteiger partial charge is 0.333 e. The fraction of sp³-hybridized carbons (Fsp3) is 0.444. The molecule has 1 unspecified atom stereocenters. The predicted octanol–water partition coefficient (Wildman–Crippen LogP) is 3.77. The van der Waals surface area contributed by atoms with Gasteiger partial charge in [-0.05, 0) is 36.0 Å². The SMILES string of the molecule is COC(=O)/C(C)=C/C1[C@@H](C(=O)OCc2cccc(Cl)c2)C1(C)C. The van der Waals surface area contributed by atoms with Crippen molar-refractivity contribution in [3.63, 3.8) is 0 Å². The van der Waals surface area contributed by atoms with Crippen LogP contribution in [0.15, 0.2) is 35.9 Å². The van der Waals surface area contributed by atoms with Gasteiger partial charge < -0.3 is 9.47 Å². The van der Waals surface area contributed by atoms with Crippen molar-refractivity contribution in [1.29, 1.82) is 0 Å². The minimum atomic E-state index is -0.376. The molecule has 1 aliphatic carbocycles. The molecular weight excluding hydrogens is 316 g/mol. The second-order valence-corrected chi connectivity index (χ2v) is 6.84. The van der Waals surface area contributed by atoms with E-state index in [0.717, 1.165) is 5.56 Å². The molecule has 1 aromatic rings. The Morgan fingerprint density at radius 3 is 2.65 bits per heavy atom. The largest absolute Gasteiger partial charge is 0.466 e. The Balaban J connectivity index is 1.98. The van der Waals surface area contributed by atoms with Gasteiger partial charge in [-0.2, -0.15) is 0 Å². The molecule has 23 heavy (non-hydrogen) atoms. The summed E-state index contributed by atoms with van der Waals surface area (Å²) < 4.78 is 10.1. The average Bonchev–Trinajstić information content (AvgIpc) is 3.04. The van der Waals surface area contributed by atoms with Gasteiger partial charge in [0.25, 0.3) is 0 Å². The van der Waals surface area contributed by atoms with Crippen LogP contribution in [-0.4, -0.2) is 19.0 Å². The standard InChI is InChI=1S/C18H21ClO4/c1-11(16(20)22-4)8-14-15(18(14,2)3)17(21)23-10-12-6-5-7-13(19)9-12/h5-9,14-15H,10H2,1-4H3/b11-8+/t14?,15-/m0/s1. The molecular formula is C18H21ClO4. The summed E-state index contributed by atoms with van der Waals surface area (Å²) in [6.07, 6.45) is 1.80. The number of esters is 2. The van der Waals surface area contributed by atoms with E-state index < -0.39 is 0 Å². The predicted molar refractivity (Wildman–Crippen MR) is 87.8 cm³/mol. The maximum Gasteiger partial charge on any atom is 0.333 e. The van der Waals surface area contributed by atoms with Crippen LogP contribution in [0.2, 0.25) is 5.02 Å². The van der Waals surface area contributed by atoms with E-state index in [2.05, 4.69) is 4.74 Å². The number of hydrogen-bond acceptors (Lipinski definition) is 4. The summed E-state index contributed by atoms with van der Waals surface area (Å²) in [5, 5.41) is 0.611. The molecule has 5 heteroatoms. The highest BCUT2D eigenvalue weighted by Crippen LogP contribution is 2.59. The van der Waals surface area contributed by atoms with Crippen molar-refractivity contribution in [3.05, 3.63) is 46.5 Å². The van der Waals surface area contributed by atoms with Crippen molar-refractivity contribution in [2.24, 2.45) is 17.3 Å². The Morgan fingerprint density at radius 2 is 2.04 bits per heavy atom. The van der Waals surface area contributed by atoms with Gasteiger partial charge in [0.1, 0.15) is 6.61 Å². The van der Waals surface area contributed by atoms with E-state index in [1.807, 2.05) is 26.0 Å². The Kier molecular flexibility index (Phi) is 5.15. The average molecular weight is 337 g/mol. The summed E-state index contributed by atoms with van der Waals surface area (Å²) in [7, 11) is 1.34. The molecule has 0 aliphatic heterocycles. The minimum absolute atomic E-state index is 0.0199. The van der Waals surface area contributed by atoms with Crippen LogP contribution in [0.3, 0.4) is 0 Å². The van der Waals surface area contributed by atoms with E-state index >= 15 is 0 Å². The van der Waals surface area contributed by atoms with Gasteiger partial charge >= 0.3 is 11.9 Å². The number of carbonyl (C=O) groups is 2. The lowest BCUT2D eigenvalue weighted by molar-refractivity contribution is -0.147. The Labute approximate surface area is 141 Å². The number of benzene rings is 1. The molecule has 2 rings (SSSR count). The summed E-state index contributed by atoms with van der Waals surface area (Å²) in [6, 6.07) is 7.22. The molecule has 0 aromatic heterocycles. The van der Waals surface area contributed by atoms with Crippen LogP contribution < -0.4 is 0 Å². The fourth-order valence-electron chi connectivity index (χ4n) is 2.81. The summed E-state index contributed by atoms with van der Waals surface area (Å²) in [5.41, 5.74) is 1.14. The van der Waals surface area contributed by atoms with Gasteiger partial charge in [0.2, 0.25) is 0 Å². The number of allylic oxidation sites excluding steroid dienone is 1. The maximum absolute atomic E-state index is 12.3. The van der Waals surface area contributed by atoms with Crippen LogP contribution in [0.4, 0.5) is 0 Å². The Hall–Kier alpha value is -1.81. The molecule has 1 fully saturated rings. The van der Waals surface area contributed by atoms with Gasteiger partial charge in [0.15, 0.2) is 0 Å². The van der Waals surface area contributed by atoms with Crippen molar-refractivity contribution in [3.8, 4) is 0 Å². The third-order valence-electron chi connectivity index (χ3n) is 4.37. The minimum Gasteiger partial charge on any atom is -0.466 e. The number of carbonyl (C=O) groups excluding carboxylic acids is 2. The Bertz CT molecular complexity index is 648. The summed E-state index contributed by atoms with van der Waals surface area (Å²) in [4.78, 5) is 23.8. The summed E-state index contributed by atoms with van der Waals surface area (Å²) in [6.45, 7) is 5.86. The summed E-state index contributed by atoms with van der Waals surface area (Å²) in [5.74, 6) is -0.901. The van der Waals surface area contributed by atoms with Crippen LogP contribution in [0.25, 0.3) is 0 Å². The topological polar surface area (TPSA) is 52.6 Å². The van der Waals surface area contributed by atoms with Crippen molar-refractivity contribution >= 4 is 23.5 Å². The van der Waals surface area contributed by atoms with Crippen LogP contribution in [0, 0.1) is 17.3 Å². The molecule has 124 valence electrons. The van der Waals surface area contributed by atoms with Gasteiger partial charge in [0, 0.05) is 10.6 Å². The lowest BCUT2D eigenvalue weighted by atomic mass is 10.1. The molecule has 0 spiro atoms. The molecule has 0 bridgehead atoms. The maximum atomic E-state index is 12.3. The summed E-state index contributed by atoms with van der Waals surface area (Å²) >= 11 is 5.91. The van der Waals surface area contributed by atoms with Crippen LogP contribution in [0.1, 0.15) is 26.3 Å². The second-order valence-electron chi connectivity index (χ2n) is 6.40. The molecule has 1 aliphatic rings. The number of methoxy groups -OCH3 is 1. The first-order chi connectivity index (χ1) is 10.8. The van der Waals surface area contributed by atoms with E-state index in [1.165, 1.54) is 7.11 Å². The second kappa shape index (κ2) is 6.75. The van der Waals surface area contributed by atoms with Crippen molar-refractivity contribution in [1.82, 2.24) is 0 Å². The number of rotatable bonds is 5. The van der Waals surface area contributed by atoms with Crippen LogP contribution in [0.5, 0.6) is 0 Å². The third-order valence-corrected chi connectivity index (χ3v) is 4.61.